The number of carboxylic acids is 1. The van der Waals surface area contributed by atoms with Crippen molar-refractivity contribution in [1.29, 1.82) is 0 Å². The summed E-state index contributed by atoms with van der Waals surface area (Å²) in [6.07, 6.45) is 1.38. The van der Waals surface area contributed by atoms with Crippen LogP contribution in [0.5, 0.6) is 0 Å². The lowest BCUT2D eigenvalue weighted by molar-refractivity contribution is 0.0696. The molecule has 19 heavy (non-hydrogen) atoms. The average molecular weight is 274 g/mol. The van der Waals surface area contributed by atoms with E-state index in [1.54, 1.807) is 23.9 Å². The molecule has 2 aromatic rings. The van der Waals surface area contributed by atoms with Gasteiger partial charge < -0.3 is 10.8 Å². The Morgan fingerprint density at radius 2 is 2.16 bits per heavy atom. The van der Waals surface area contributed by atoms with E-state index in [0.29, 0.717) is 5.75 Å². The second kappa shape index (κ2) is 5.75. The number of rotatable bonds is 4. The van der Waals surface area contributed by atoms with E-state index in [0.717, 1.165) is 16.3 Å². The Hall–Kier alpha value is -2.01. The first-order valence-electron chi connectivity index (χ1n) is 5.73. The lowest BCUT2D eigenvalue weighted by Gasteiger charge is -2.06. The highest BCUT2D eigenvalue weighted by Gasteiger charge is 2.05. The third kappa shape index (κ3) is 3.48. The largest absolute Gasteiger partial charge is 0.478 e. The summed E-state index contributed by atoms with van der Waals surface area (Å²) in [5, 5.41) is 8.79. The molecule has 0 unspecified atom stereocenters. The zero-order valence-corrected chi connectivity index (χ0v) is 11.3. The van der Waals surface area contributed by atoms with Crippen molar-refractivity contribution < 1.29 is 9.90 Å². The molecule has 0 radical (unpaired) electrons. The quantitative estimate of drug-likeness (QED) is 0.662. The summed E-state index contributed by atoms with van der Waals surface area (Å²) in [5.74, 6) is -0.275. The van der Waals surface area contributed by atoms with E-state index in [1.807, 2.05) is 25.1 Å². The lowest BCUT2D eigenvalue weighted by atomic mass is 10.2. The molecule has 0 saturated carbocycles. The van der Waals surface area contributed by atoms with E-state index in [-0.39, 0.29) is 5.56 Å². The van der Waals surface area contributed by atoms with Gasteiger partial charge in [-0.1, -0.05) is 6.07 Å². The highest BCUT2D eigenvalue weighted by atomic mass is 32.2. The van der Waals surface area contributed by atoms with Crippen LogP contribution >= 0.6 is 11.8 Å². The number of aromatic nitrogens is 1. The molecule has 0 spiro atoms. The van der Waals surface area contributed by atoms with E-state index in [4.69, 9.17) is 10.8 Å². The molecule has 0 aliphatic heterocycles. The Morgan fingerprint density at radius 1 is 1.37 bits per heavy atom. The fourth-order valence-electron chi connectivity index (χ4n) is 1.56. The molecule has 1 aromatic carbocycles. The third-order valence-electron chi connectivity index (χ3n) is 2.66. The number of carboxylic acid groups (broad SMARTS) is 1. The molecule has 5 heteroatoms. The fourth-order valence-corrected chi connectivity index (χ4v) is 2.55. The number of anilines is 1. The van der Waals surface area contributed by atoms with Crippen LogP contribution in [0.25, 0.3) is 0 Å². The minimum Gasteiger partial charge on any atom is -0.478 e. The number of nitrogens with zero attached hydrogens (tertiary/aromatic N) is 1. The third-order valence-corrected chi connectivity index (χ3v) is 3.85. The normalized spacial score (nSPS) is 10.4. The number of thioether (sulfide) groups is 1. The zero-order chi connectivity index (χ0) is 13.8. The zero-order valence-electron chi connectivity index (χ0n) is 10.5. The Balaban J connectivity index is 2.06. The number of nitrogen functional groups attached to an aromatic ring is 1. The minimum absolute atomic E-state index is 0.203. The summed E-state index contributed by atoms with van der Waals surface area (Å²) in [4.78, 5) is 16.0. The van der Waals surface area contributed by atoms with E-state index in [1.165, 1.54) is 11.8 Å². The van der Waals surface area contributed by atoms with Gasteiger partial charge in [0.05, 0.1) is 11.3 Å². The number of carbonyl (C=O) groups is 1. The van der Waals surface area contributed by atoms with E-state index in [9.17, 15) is 4.79 Å². The first-order valence-corrected chi connectivity index (χ1v) is 6.72. The Bertz CT molecular complexity index is 597. The number of benzene rings is 1. The highest BCUT2D eigenvalue weighted by Crippen LogP contribution is 2.27. The van der Waals surface area contributed by atoms with E-state index >= 15 is 0 Å². The number of aryl methyl sites for hydroxylation is 1. The van der Waals surface area contributed by atoms with Crippen molar-refractivity contribution in [3.05, 3.63) is 53.3 Å². The summed E-state index contributed by atoms with van der Waals surface area (Å²) >= 11 is 1.64. The predicted octanol–water partition coefficient (Wildman–Crippen LogP) is 2.96. The van der Waals surface area contributed by atoms with Gasteiger partial charge in [-0.25, -0.2) is 4.79 Å². The molecule has 98 valence electrons. The van der Waals surface area contributed by atoms with Gasteiger partial charge in [0.15, 0.2) is 0 Å². The van der Waals surface area contributed by atoms with Gasteiger partial charge in [0.2, 0.25) is 0 Å². The molecule has 3 N–H and O–H groups in total. The fraction of sp³-hybridized carbons (Fsp3) is 0.143. The van der Waals surface area contributed by atoms with E-state index in [2.05, 4.69) is 4.98 Å². The van der Waals surface area contributed by atoms with Crippen LogP contribution in [0.4, 0.5) is 5.69 Å². The van der Waals surface area contributed by atoms with Crippen molar-refractivity contribution in [3.8, 4) is 0 Å². The maximum Gasteiger partial charge on any atom is 0.337 e. The summed E-state index contributed by atoms with van der Waals surface area (Å²) in [6, 6.07) is 9.10. The van der Waals surface area contributed by atoms with Crippen LogP contribution in [0, 0.1) is 6.92 Å². The minimum atomic E-state index is -0.960. The Labute approximate surface area is 115 Å². The van der Waals surface area contributed by atoms with Crippen molar-refractivity contribution >= 4 is 23.4 Å². The molecule has 0 aliphatic rings. The van der Waals surface area contributed by atoms with Gasteiger partial charge in [0.25, 0.3) is 0 Å². The SMILES string of the molecule is Cc1ccc(N)cc1SCc1ccc(C(=O)O)cn1. The first-order chi connectivity index (χ1) is 9.06. The van der Waals surface area contributed by atoms with Crippen LogP contribution in [0.3, 0.4) is 0 Å². The van der Waals surface area contributed by atoms with Crippen molar-refractivity contribution in [2.45, 2.75) is 17.6 Å². The van der Waals surface area contributed by atoms with Crippen molar-refractivity contribution in [3.63, 3.8) is 0 Å². The lowest BCUT2D eigenvalue weighted by Crippen LogP contribution is -1.98. The number of hydrogen-bond donors (Lipinski definition) is 2. The Morgan fingerprint density at radius 3 is 2.79 bits per heavy atom. The maximum atomic E-state index is 10.7. The Kier molecular flexibility index (Phi) is 4.06. The molecule has 4 nitrogen and oxygen atoms in total. The molecule has 0 fully saturated rings. The van der Waals surface area contributed by atoms with Crippen molar-refractivity contribution in [1.82, 2.24) is 4.98 Å². The van der Waals surface area contributed by atoms with Gasteiger partial charge >= 0.3 is 5.97 Å². The van der Waals surface area contributed by atoms with Crippen LogP contribution in [0.15, 0.2) is 41.4 Å². The van der Waals surface area contributed by atoms with Crippen LogP contribution < -0.4 is 5.73 Å². The smallest absolute Gasteiger partial charge is 0.337 e. The standard InChI is InChI=1S/C14H14N2O2S/c1-9-2-4-11(15)6-13(9)19-8-12-5-3-10(7-16-12)14(17)18/h2-7H,8,15H2,1H3,(H,17,18). The average Bonchev–Trinajstić information content (AvgIpc) is 2.40. The van der Waals surface area contributed by atoms with Gasteiger partial charge in [-0.2, -0.15) is 0 Å². The second-order valence-corrected chi connectivity index (χ2v) is 5.17. The van der Waals surface area contributed by atoms with Crippen LogP contribution in [0.1, 0.15) is 21.6 Å². The number of hydrogen-bond acceptors (Lipinski definition) is 4. The number of pyridine rings is 1. The first kappa shape index (κ1) is 13.4. The van der Waals surface area contributed by atoms with Crippen molar-refractivity contribution in [2.24, 2.45) is 0 Å². The highest BCUT2D eigenvalue weighted by molar-refractivity contribution is 7.98. The van der Waals surface area contributed by atoms with Gasteiger partial charge in [-0.05, 0) is 36.8 Å². The molecule has 0 aliphatic carbocycles. The molecule has 1 heterocycles. The van der Waals surface area contributed by atoms with Gasteiger partial charge in [0.1, 0.15) is 0 Å². The molecular formula is C14H14N2O2S. The molecule has 1 aromatic heterocycles. The molecule has 0 saturated heterocycles. The molecule has 0 amide bonds. The second-order valence-electron chi connectivity index (χ2n) is 4.16. The van der Waals surface area contributed by atoms with Crippen LogP contribution in [-0.2, 0) is 5.75 Å². The van der Waals surface area contributed by atoms with Crippen molar-refractivity contribution in [2.75, 3.05) is 5.73 Å². The van der Waals surface area contributed by atoms with Gasteiger partial charge in [0, 0.05) is 22.5 Å². The monoisotopic (exact) mass is 274 g/mol. The number of aromatic carboxylic acids is 1. The van der Waals surface area contributed by atoms with Crippen LogP contribution in [-0.4, -0.2) is 16.1 Å². The van der Waals surface area contributed by atoms with Gasteiger partial charge in [-0.15, -0.1) is 11.8 Å². The summed E-state index contributed by atoms with van der Waals surface area (Å²) < 4.78 is 0. The van der Waals surface area contributed by atoms with Gasteiger partial charge in [-0.3, -0.25) is 4.98 Å². The molecule has 0 bridgehead atoms. The van der Waals surface area contributed by atoms with E-state index < -0.39 is 5.97 Å². The predicted molar refractivity (Wildman–Crippen MR) is 76.3 cm³/mol. The molecular weight excluding hydrogens is 260 g/mol. The number of nitrogens with two attached hydrogens (primary N) is 1. The molecule has 2 rings (SSSR count). The maximum absolute atomic E-state index is 10.7. The molecule has 0 atom stereocenters. The summed E-state index contributed by atoms with van der Waals surface area (Å²) in [5.41, 5.74) is 8.71. The summed E-state index contributed by atoms with van der Waals surface area (Å²) in [7, 11) is 0. The topological polar surface area (TPSA) is 76.2 Å². The van der Waals surface area contributed by atoms with Crippen LogP contribution in [0.2, 0.25) is 0 Å². The summed E-state index contributed by atoms with van der Waals surface area (Å²) in [6.45, 7) is 2.03.